The molecule has 0 atom stereocenters. The number of hydrogen-bond donors (Lipinski definition) is 1. The van der Waals surface area contributed by atoms with Crippen LogP contribution in [0, 0.1) is 0 Å². The molecule has 112 valence electrons. The summed E-state index contributed by atoms with van der Waals surface area (Å²) in [5, 5.41) is 3.66. The number of rotatable bonds is 6. The number of halogens is 2. The fraction of sp³-hybridized carbons (Fsp3) is 0.308. The molecule has 0 amide bonds. The van der Waals surface area contributed by atoms with Crippen molar-refractivity contribution in [3.8, 4) is 17.8 Å². The molecule has 0 saturated heterocycles. The molecule has 0 aliphatic carbocycles. The smallest absolute Gasteiger partial charge is 0.330 e. The summed E-state index contributed by atoms with van der Waals surface area (Å²) < 4.78 is 10.8. The van der Waals surface area contributed by atoms with E-state index < -0.39 is 0 Å². The van der Waals surface area contributed by atoms with Gasteiger partial charge in [-0.05, 0) is 26.0 Å². The van der Waals surface area contributed by atoms with Crippen LogP contribution in [0.4, 0.5) is 5.95 Å². The molecule has 1 aromatic carbocycles. The average Bonchev–Trinajstić information content (AvgIpc) is 2.44. The maximum absolute atomic E-state index is 6.07. The second kappa shape index (κ2) is 7.28. The van der Waals surface area contributed by atoms with Crippen molar-refractivity contribution >= 4 is 29.2 Å². The quantitative estimate of drug-likeness (QED) is 0.869. The van der Waals surface area contributed by atoms with Gasteiger partial charge >= 0.3 is 12.0 Å². The molecule has 1 heterocycles. The molecule has 2 rings (SSSR count). The molecule has 0 radical (unpaired) electrons. The number of nitrogens with one attached hydrogen (secondary N) is 1. The Kier molecular flexibility index (Phi) is 5.41. The van der Waals surface area contributed by atoms with Gasteiger partial charge in [0.25, 0.3) is 0 Å². The number of anilines is 1. The van der Waals surface area contributed by atoms with Crippen LogP contribution >= 0.6 is 23.2 Å². The third kappa shape index (κ3) is 4.09. The van der Waals surface area contributed by atoms with E-state index in [9.17, 15) is 0 Å². The van der Waals surface area contributed by atoms with E-state index in [0.717, 1.165) is 0 Å². The van der Waals surface area contributed by atoms with Crippen LogP contribution in [0.1, 0.15) is 13.8 Å². The Labute approximate surface area is 132 Å². The van der Waals surface area contributed by atoms with E-state index in [1.54, 1.807) is 18.2 Å². The van der Waals surface area contributed by atoms with Gasteiger partial charge in [0.2, 0.25) is 5.95 Å². The highest BCUT2D eigenvalue weighted by atomic mass is 35.5. The molecular weight excluding hydrogens is 315 g/mol. The Morgan fingerprint density at radius 2 is 1.86 bits per heavy atom. The van der Waals surface area contributed by atoms with Gasteiger partial charge in [-0.15, -0.1) is 4.98 Å². The Morgan fingerprint density at radius 3 is 2.57 bits per heavy atom. The van der Waals surface area contributed by atoms with Gasteiger partial charge in [-0.3, -0.25) is 0 Å². The minimum absolute atomic E-state index is 0.0774. The van der Waals surface area contributed by atoms with Crippen molar-refractivity contribution in [1.82, 2.24) is 15.0 Å². The Bertz CT molecular complexity index is 601. The molecule has 0 spiro atoms. The van der Waals surface area contributed by atoms with Crippen molar-refractivity contribution in [2.45, 2.75) is 13.8 Å². The third-order valence-corrected chi connectivity index (χ3v) is 3.12. The fourth-order valence-electron chi connectivity index (χ4n) is 1.48. The Hall–Kier alpha value is -1.79. The van der Waals surface area contributed by atoms with Crippen molar-refractivity contribution < 1.29 is 9.47 Å². The van der Waals surface area contributed by atoms with E-state index in [4.69, 9.17) is 32.7 Å². The molecule has 0 aliphatic heterocycles. The average molecular weight is 329 g/mol. The number of ether oxygens (including phenoxy) is 2. The number of aromatic nitrogens is 3. The normalized spacial score (nSPS) is 10.3. The summed E-state index contributed by atoms with van der Waals surface area (Å²) in [5.74, 6) is 0.726. The first-order chi connectivity index (χ1) is 10.1. The summed E-state index contributed by atoms with van der Waals surface area (Å²) in [5.41, 5.74) is 0. The second-order valence-electron chi connectivity index (χ2n) is 3.84. The predicted molar refractivity (Wildman–Crippen MR) is 81.7 cm³/mol. The van der Waals surface area contributed by atoms with Crippen molar-refractivity contribution in [3.63, 3.8) is 0 Å². The van der Waals surface area contributed by atoms with E-state index in [0.29, 0.717) is 34.9 Å². The van der Waals surface area contributed by atoms with Gasteiger partial charge in [0.15, 0.2) is 5.75 Å². The minimum Gasteiger partial charge on any atom is -0.464 e. The molecule has 0 fully saturated rings. The zero-order valence-electron chi connectivity index (χ0n) is 11.6. The fourth-order valence-corrected chi connectivity index (χ4v) is 1.81. The summed E-state index contributed by atoms with van der Waals surface area (Å²) in [7, 11) is 0. The van der Waals surface area contributed by atoms with E-state index >= 15 is 0 Å². The third-order valence-electron chi connectivity index (χ3n) is 2.32. The molecule has 0 unspecified atom stereocenters. The zero-order valence-corrected chi connectivity index (χ0v) is 13.1. The van der Waals surface area contributed by atoms with Gasteiger partial charge < -0.3 is 14.8 Å². The zero-order chi connectivity index (χ0) is 15.2. The van der Waals surface area contributed by atoms with E-state index in [1.165, 1.54) is 0 Å². The summed E-state index contributed by atoms with van der Waals surface area (Å²) in [4.78, 5) is 12.3. The first-order valence-corrected chi connectivity index (χ1v) is 7.14. The van der Waals surface area contributed by atoms with Crippen LogP contribution in [-0.4, -0.2) is 28.1 Å². The minimum atomic E-state index is 0.0774. The molecule has 1 N–H and O–H groups in total. The van der Waals surface area contributed by atoms with Crippen LogP contribution in [-0.2, 0) is 0 Å². The second-order valence-corrected chi connectivity index (χ2v) is 4.63. The lowest BCUT2D eigenvalue weighted by Gasteiger charge is -2.09. The maximum atomic E-state index is 6.07. The lowest BCUT2D eigenvalue weighted by molar-refractivity contribution is 0.304. The molecule has 1 aromatic heterocycles. The lowest BCUT2D eigenvalue weighted by Crippen LogP contribution is -2.07. The lowest BCUT2D eigenvalue weighted by atomic mass is 10.3. The highest BCUT2D eigenvalue weighted by Crippen LogP contribution is 2.33. The number of nitrogens with zero attached hydrogens (tertiary/aromatic N) is 3. The molecule has 0 saturated carbocycles. The van der Waals surface area contributed by atoms with Crippen LogP contribution in [0.2, 0.25) is 10.0 Å². The summed E-state index contributed by atoms with van der Waals surface area (Å²) >= 11 is 12.0. The van der Waals surface area contributed by atoms with Gasteiger partial charge in [-0.25, -0.2) is 0 Å². The first-order valence-electron chi connectivity index (χ1n) is 6.38. The van der Waals surface area contributed by atoms with Crippen LogP contribution in [0.15, 0.2) is 18.2 Å². The monoisotopic (exact) mass is 328 g/mol. The molecule has 0 aliphatic rings. The van der Waals surface area contributed by atoms with Crippen molar-refractivity contribution in [1.29, 1.82) is 0 Å². The van der Waals surface area contributed by atoms with E-state index in [2.05, 4.69) is 20.3 Å². The predicted octanol–water partition coefficient (Wildman–Crippen LogP) is 3.80. The topological polar surface area (TPSA) is 69.2 Å². The van der Waals surface area contributed by atoms with Crippen molar-refractivity contribution in [3.05, 3.63) is 28.2 Å². The standard InChI is InChI=1S/C13H14Cl2N4O2/c1-3-16-11-17-12(20-4-2)19-13(18-11)21-9-7-5-6-8(14)10(9)15/h5-7H,3-4H2,1-2H3,(H,16,17,18,19). The SMILES string of the molecule is CCNc1nc(OCC)nc(Oc2cccc(Cl)c2Cl)n1. The van der Waals surface area contributed by atoms with Crippen molar-refractivity contribution in [2.75, 3.05) is 18.5 Å². The number of benzene rings is 1. The molecule has 8 heteroatoms. The molecule has 2 aromatic rings. The van der Waals surface area contributed by atoms with Gasteiger partial charge in [-0.1, -0.05) is 29.3 Å². The summed E-state index contributed by atoms with van der Waals surface area (Å²) in [6.07, 6.45) is 0. The van der Waals surface area contributed by atoms with E-state index in [-0.39, 0.29) is 12.0 Å². The van der Waals surface area contributed by atoms with Gasteiger partial charge in [0, 0.05) is 6.54 Å². The van der Waals surface area contributed by atoms with Crippen LogP contribution in [0.5, 0.6) is 17.8 Å². The Morgan fingerprint density at radius 1 is 1.10 bits per heavy atom. The Balaban J connectivity index is 2.31. The summed E-state index contributed by atoms with van der Waals surface area (Å²) in [6.45, 7) is 4.86. The van der Waals surface area contributed by atoms with Crippen LogP contribution < -0.4 is 14.8 Å². The van der Waals surface area contributed by atoms with Gasteiger partial charge in [-0.2, -0.15) is 9.97 Å². The maximum Gasteiger partial charge on any atom is 0.330 e. The molecule has 0 bridgehead atoms. The van der Waals surface area contributed by atoms with Gasteiger partial charge in [0.05, 0.1) is 11.6 Å². The summed E-state index contributed by atoms with van der Waals surface area (Å²) in [6, 6.07) is 5.31. The van der Waals surface area contributed by atoms with Crippen LogP contribution in [0.25, 0.3) is 0 Å². The molecular formula is C13H14Cl2N4O2. The highest BCUT2D eigenvalue weighted by molar-refractivity contribution is 6.42. The highest BCUT2D eigenvalue weighted by Gasteiger charge is 2.12. The van der Waals surface area contributed by atoms with Gasteiger partial charge in [0.1, 0.15) is 5.02 Å². The number of hydrogen-bond acceptors (Lipinski definition) is 6. The largest absolute Gasteiger partial charge is 0.464 e. The first kappa shape index (κ1) is 15.6. The molecule has 21 heavy (non-hydrogen) atoms. The van der Waals surface area contributed by atoms with E-state index in [1.807, 2.05) is 13.8 Å². The van der Waals surface area contributed by atoms with Crippen molar-refractivity contribution in [2.24, 2.45) is 0 Å². The molecule has 6 nitrogen and oxygen atoms in total. The van der Waals surface area contributed by atoms with Crippen LogP contribution in [0.3, 0.4) is 0 Å².